The van der Waals surface area contributed by atoms with Crippen molar-refractivity contribution in [1.82, 2.24) is 5.32 Å². The normalized spacial score (nSPS) is 11.2. The van der Waals surface area contributed by atoms with Gasteiger partial charge < -0.3 is 15.2 Å². The average molecular weight is 323 g/mol. The topological polar surface area (TPSA) is 58.6 Å². The number of ether oxygens (including phenoxy) is 1. The van der Waals surface area contributed by atoms with Crippen molar-refractivity contribution >= 4 is 5.91 Å². The Bertz CT molecular complexity index is 768. The Hall–Kier alpha value is -2.77. The van der Waals surface area contributed by atoms with E-state index in [0.29, 0.717) is 5.56 Å². The van der Waals surface area contributed by atoms with Crippen LogP contribution in [0.1, 0.15) is 34.0 Å². The van der Waals surface area contributed by atoms with E-state index >= 15 is 0 Å². The molecule has 1 unspecified atom stereocenters. The van der Waals surface area contributed by atoms with E-state index in [9.17, 15) is 9.90 Å². The summed E-state index contributed by atoms with van der Waals surface area (Å²) in [5, 5.41) is 11.8. The molecule has 0 aliphatic heterocycles. The molecule has 4 nitrogen and oxygen atoms in total. The standard InChI is InChI=1S/C20H21NO3/c1-14-12-19(24-3)11-10-17(14)7-4-16-5-8-18(9-6-16)20(23)21-13-15(2)22/h5-6,8-12,15,22H,13H2,1-3H3,(H,21,23). The minimum absolute atomic E-state index is 0.207. The molecule has 0 fully saturated rings. The molecule has 2 N–H and O–H groups in total. The van der Waals surface area contributed by atoms with Crippen molar-refractivity contribution in [2.45, 2.75) is 20.0 Å². The van der Waals surface area contributed by atoms with Gasteiger partial charge in [-0.2, -0.15) is 0 Å². The lowest BCUT2D eigenvalue weighted by Crippen LogP contribution is -2.30. The van der Waals surface area contributed by atoms with E-state index in [2.05, 4.69) is 17.2 Å². The predicted octanol–water partition coefficient (Wildman–Crippen LogP) is 2.51. The quantitative estimate of drug-likeness (QED) is 0.850. The summed E-state index contributed by atoms with van der Waals surface area (Å²) in [7, 11) is 1.64. The highest BCUT2D eigenvalue weighted by molar-refractivity contribution is 5.94. The fourth-order valence-electron chi connectivity index (χ4n) is 2.09. The third-order valence-corrected chi connectivity index (χ3v) is 3.48. The second kappa shape index (κ2) is 8.19. The molecule has 1 amide bonds. The van der Waals surface area contributed by atoms with Crippen LogP contribution in [0.3, 0.4) is 0 Å². The van der Waals surface area contributed by atoms with Gasteiger partial charge >= 0.3 is 0 Å². The van der Waals surface area contributed by atoms with Gasteiger partial charge in [0.1, 0.15) is 5.75 Å². The van der Waals surface area contributed by atoms with Crippen LogP contribution < -0.4 is 10.1 Å². The van der Waals surface area contributed by atoms with Gasteiger partial charge in [0.05, 0.1) is 13.2 Å². The van der Waals surface area contributed by atoms with Crippen molar-refractivity contribution in [1.29, 1.82) is 0 Å². The van der Waals surface area contributed by atoms with Crippen LogP contribution in [0.15, 0.2) is 42.5 Å². The number of aryl methyl sites for hydroxylation is 1. The largest absolute Gasteiger partial charge is 0.497 e. The number of rotatable bonds is 4. The molecular weight excluding hydrogens is 302 g/mol. The maximum atomic E-state index is 11.9. The number of hydrogen-bond donors (Lipinski definition) is 2. The summed E-state index contributed by atoms with van der Waals surface area (Å²) >= 11 is 0. The lowest BCUT2D eigenvalue weighted by Gasteiger charge is -2.06. The first-order valence-electron chi connectivity index (χ1n) is 7.72. The Labute approximate surface area is 142 Å². The molecule has 0 saturated heterocycles. The van der Waals surface area contributed by atoms with Crippen LogP contribution >= 0.6 is 0 Å². The number of methoxy groups -OCH3 is 1. The smallest absolute Gasteiger partial charge is 0.251 e. The minimum atomic E-state index is -0.563. The van der Waals surface area contributed by atoms with E-state index in [1.165, 1.54) is 0 Å². The van der Waals surface area contributed by atoms with Crippen molar-refractivity contribution in [2.75, 3.05) is 13.7 Å². The Morgan fingerprint density at radius 3 is 2.50 bits per heavy atom. The Morgan fingerprint density at radius 1 is 1.21 bits per heavy atom. The van der Waals surface area contributed by atoms with E-state index in [4.69, 9.17) is 4.74 Å². The predicted molar refractivity (Wildman–Crippen MR) is 94.2 cm³/mol. The summed E-state index contributed by atoms with van der Waals surface area (Å²) in [6.07, 6.45) is -0.563. The lowest BCUT2D eigenvalue weighted by atomic mass is 10.1. The molecule has 2 aromatic carbocycles. The first-order valence-corrected chi connectivity index (χ1v) is 7.72. The van der Waals surface area contributed by atoms with Crippen LogP contribution in [0, 0.1) is 18.8 Å². The molecule has 0 saturated carbocycles. The van der Waals surface area contributed by atoms with Gasteiger partial charge in [-0.05, 0) is 61.9 Å². The van der Waals surface area contributed by atoms with E-state index in [-0.39, 0.29) is 12.5 Å². The molecule has 2 rings (SSSR count). The number of amides is 1. The molecule has 0 aromatic heterocycles. The molecule has 4 heteroatoms. The number of hydrogen-bond acceptors (Lipinski definition) is 3. The molecule has 0 radical (unpaired) electrons. The van der Waals surface area contributed by atoms with Gasteiger partial charge in [-0.25, -0.2) is 0 Å². The summed E-state index contributed by atoms with van der Waals surface area (Å²) < 4.78 is 5.18. The summed E-state index contributed by atoms with van der Waals surface area (Å²) in [6, 6.07) is 12.8. The van der Waals surface area contributed by atoms with Gasteiger partial charge in [0.25, 0.3) is 5.91 Å². The van der Waals surface area contributed by atoms with Gasteiger partial charge in [0.2, 0.25) is 0 Å². The summed E-state index contributed by atoms with van der Waals surface area (Å²) in [4.78, 5) is 11.9. The zero-order chi connectivity index (χ0) is 17.5. The SMILES string of the molecule is COc1ccc(C#Cc2ccc(C(=O)NCC(C)O)cc2)c(C)c1. The molecule has 1 atom stereocenters. The van der Waals surface area contributed by atoms with Crippen molar-refractivity contribution in [3.63, 3.8) is 0 Å². The van der Waals surface area contributed by atoms with Gasteiger partial charge in [-0.1, -0.05) is 11.8 Å². The molecule has 0 heterocycles. The highest BCUT2D eigenvalue weighted by Crippen LogP contribution is 2.16. The average Bonchev–Trinajstić information content (AvgIpc) is 2.59. The second-order valence-corrected chi connectivity index (χ2v) is 5.57. The van der Waals surface area contributed by atoms with Crippen LogP contribution in [0.5, 0.6) is 5.75 Å². The number of benzene rings is 2. The first-order chi connectivity index (χ1) is 11.5. The summed E-state index contributed by atoms with van der Waals surface area (Å²) in [5.74, 6) is 6.83. The monoisotopic (exact) mass is 323 g/mol. The number of carbonyl (C=O) groups excluding carboxylic acids is 1. The minimum Gasteiger partial charge on any atom is -0.497 e. The van der Waals surface area contributed by atoms with Crippen LogP contribution in [-0.2, 0) is 0 Å². The maximum absolute atomic E-state index is 11.9. The van der Waals surface area contributed by atoms with E-state index in [1.807, 2.05) is 37.3 Å². The van der Waals surface area contributed by atoms with E-state index in [1.54, 1.807) is 26.2 Å². The fourth-order valence-corrected chi connectivity index (χ4v) is 2.09. The van der Waals surface area contributed by atoms with Crippen LogP contribution in [0.4, 0.5) is 0 Å². The highest BCUT2D eigenvalue weighted by atomic mass is 16.5. The van der Waals surface area contributed by atoms with Crippen LogP contribution in [-0.4, -0.2) is 30.8 Å². The summed E-state index contributed by atoms with van der Waals surface area (Å²) in [6.45, 7) is 3.85. The Balaban J connectivity index is 2.08. The number of nitrogens with one attached hydrogen (secondary N) is 1. The molecule has 124 valence electrons. The molecule has 0 bridgehead atoms. The van der Waals surface area contributed by atoms with Gasteiger partial charge in [0, 0.05) is 23.2 Å². The van der Waals surface area contributed by atoms with Crippen molar-refractivity contribution in [3.8, 4) is 17.6 Å². The van der Waals surface area contributed by atoms with Crippen molar-refractivity contribution in [3.05, 3.63) is 64.7 Å². The summed E-state index contributed by atoms with van der Waals surface area (Å²) in [5.41, 5.74) is 3.37. The fraction of sp³-hybridized carbons (Fsp3) is 0.250. The molecule has 0 aliphatic rings. The van der Waals surface area contributed by atoms with Gasteiger partial charge in [0.15, 0.2) is 0 Å². The lowest BCUT2D eigenvalue weighted by molar-refractivity contribution is 0.0924. The Morgan fingerprint density at radius 2 is 1.92 bits per heavy atom. The second-order valence-electron chi connectivity index (χ2n) is 5.57. The molecule has 24 heavy (non-hydrogen) atoms. The van der Waals surface area contributed by atoms with Gasteiger partial charge in [-0.3, -0.25) is 4.79 Å². The van der Waals surface area contributed by atoms with Crippen LogP contribution in [0.25, 0.3) is 0 Å². The molecular formula is C20H21NO3. The first kappa shape index (κ1) is 17.6. The zero-order valence-corrected chi connectivity index (χ0v) is 14.1. The maximum Gasteiger partial charge on any atom is 0.251 e. The van der Waals surface area contributed by atoms with Crippen molar-refractivity contribution < 1.29 is 14.6 Å². The van der Waals surface area contributed by atoms with E-state index < -0.39 is 6.10 Å². The number of carbonyl (C=O) groups is 1. The third kappa shape index (κ3) is 4.87. The zero-order valence-electron chi connectivity index (χ0n) is 14.1. The van der Waals surface area contributed by atoms with Crippen LogP contribution in [0.2, 0.25) is 0 Å². The Kier molecular flexibility index (Phi) is 6.00. The van der Waals surface area contributed by atoms with Crippen molar-refractivity contribution in [2.24, 2.45) is 0 Å². The number of aliphatic hydroxyl groups excluding tert-OH is 1. The molecule has 0 aliphatic carbocycles. The third-order valence-electron chi connectivity index (χ3n) is 3.48. The highest BCUT2D eigenvalue weighted by Gasteiger charge is 2.05. The van der Waals surface area contributed by atoms with Gasteiger partial charge in [-0.15, -0.1) is 0 Å². The molecule has 0 spiro atoms. The van der Waals surface area contributed by atoms with E-state index in [0.717, 1.165) is 22.4 Å². The number of aliphatic hydroxyl groups is 1. The molecule has 2 aromatic rings.